The Balaban J connectivity index is 1.82. The Kier molecular flexibility index (Phi) is 4.12. The Morgan fingerprint density at radius 2 is 1.97 bits per heavy atom. The number of rotatable bonds is 1. The van der Waals surface area contributed by atoms with Gasteiger partial charge in [-0.1, -0.05) is 6.92 Å². The van der Waals surface area contributed by atoms with Crippen molar-refractivity contribution in [2.24, 2.45) is 0 Å². The van der Waals surface area contributed by atoms with E-state index in [9.17, 15) is 4.79 Å². The SMILES string of the molecule is CCC(=O)n1c2cncc(c2)c2ncc3[nH]nc(c4nc5c(ccnc5c5ccc1s5)[nH]4)c3c2F. The van der Waals surface area contributed by atoms with E-state index in [0.717, 1.165) is 10.2 Å². The molecule has 9 nitrogen and oxygen atoms in total. The number of thiophene rings is 1. The molecule has 0 unspecified atom stereocenters. The van der Waals surface area contributed by atoms with E-state index in [2.05, 4.69) is 30.1 Å². The molecule has 170 valence electrons. The number of nitrogens with one attached hydrogen (secondary N) is 2. The van der Waals surface area contributed by atoms with Gasteiger partial charge in [-0.15, -0.1) is 11.3 Å². The molecule has 7 rings (SSSR count). The van der Waals surface area contributed by atoms with Crippen LogP contribution >= 0.6 is 11.3 Å². The number of carbonyl (C=O) groups excluding carboxylic acids is 1. The number of carbonyl (C=O) groups is 1. The van der Waals surface area contributed by atoms with Gasteiger partial charge in [-0.2, -0.15) is 5.10 Å². The van der Waals surface area contributed by atoms with Crippen molar-refractivity contribution in [2.75, 3.05) is 0 Å². The lowest BCUT2D eigenvalue weighted by atomic mass is 10.2. The third kappa shape index (κ3) is 2.85. The average Bonchev–Trinajstić information content (AvgIpc) is 3.62. The second-order valence-corrected chi connectivity index (χ2v) is 9.14. The van der Waals surface area contributed by atoms with Crippen LogP contribution in [0.5, 0.6) is 0 Å². The highest BCUT2D eigenvalue weighted by molar-refractivity contribution is 7.24. The van der Waals surface area contributed by atoms with Gasteiger partial charge in [-0.3, -0.25) is 29.4 Å². The molecular formula is C24H15FN8OS. The average molecular weight is 483 g/mol. The lowest BCUT2D eigenvalue weighted by Crippen LogP contribution is -2.09. The van der Waals surface area contributed by atoms with Gasteiger partial charge in [-0.25, -0.2) is 9.37 Å². The monoisotopic (exact) mass is 482 g/mol. The van der Waals surface area contributed by atoms with Crippen molar-refractivity contribution >= 4 is 81.8 Å². The summed E-state index contributed by atoms with van der Waals surface area (Å²) in [4.78, 5) is 35.0. The number of H-pyrrole nitrogens is 2. The molecule has 2 N–H and O–H groups in total. The zero-order valence-electron chi connectivity index (χ0n) is 18.2. The minimum absolute atomic E-state index is 0.110. The summed E-state index contributed by atoms with van der Waals surface area (Å²) in [6, 6.07) is 7.33. The van der Waals surface area contributed by atoms with Crippen molar-refractivity contribution in [3.63, 3.8) is 0 Å². The molecule has 7 heterocycles. The number of aromatic nitrogens is 8. The molecule has 0 radical (unpaired) electrons. The Labute approximate surface area is 199 Å². The summed E-state index contributed by atoms with van der Waals surface area (Å²) in [5, 5.41) is 7.90. The number of imidazole rings is 1. The standard InChI is InChI=1S/C24H15FN8OS/c1-2-16(34)33-12-7-11(8-26-9-12)20-19(25)18-14(10-28-20)31-32-23(18)24-29-13-5-6-27-22(21(13)30-24)15-3-4-17(33)35-15/h3-10H,2H2,1H3,(H,29,30)(H,31,32). The highest BCUT2D eigenvalue weighted by Crippen LogP contribution is 2.30. The molecule has 0 spiro atoms. The first-order chi connectivity index (χ1) is 17.1. The molecule has 8 bridgehead atoms. The van der Waals surface area contributed by atoms with Crippen LogP contribution in [0.15, 0.2) is 49.1 Å². The minimum Gasteiger partial charge on any atom is -0.336 e. The fourth-order valence-electron chi connectivity index (χ4n) is 4.38. The van der Waals surface area contributed by atoms with Gasteiger partial charge in [0, 0.05) is 24.2 Å². The third-order valence-electron chi connectivity index (χ3n) is 6.02. The molecule has 0 saturated heterocycles. The maximum atomic E-state index is 16.0. The number of hydrogen-bond donors (Lipinski definition) is 2. The Morgan fingerprint density at radius 3 is 2.86 bits per heavy atom. The molecule has 11 heteroatoms. The Bertz CT molecular complexity index is 2050. The predicted octanol–water partition coefficient (Wildman–Crippen LogP) is 5.41. The Hall–Kier alpha value is -4.51. The van der Waals surface area contributed by atoms with Crippen LogP contribution in [0.2, 0.25) is 0 Å². The quantitative estimate of drug-likeness (QED) is 0.323. The molecule has 0 amide bonds. The second kappa shape index (κ2) is 7.24. The van der Waals surface area contributed by atoms with Gasteiger partial charge in [0.25, 0.3) is 0 Å². The van der Waals surface area contributed by atoms with Crippen LogP contribution in [0.25, 0.3) is 64.6 Å². The van der Waals surface area contributed by atoms with E-state index in [1.807, 2.05) is 18.2 Å². The highest BCUT2D eigenvalue weighted by atomic mass is 32.1. The maximum absolute atomic E-state index is 16.0. The third-order valence-corrected chi connectivity index (χ3v) is 7.10. The number of halogens is 1. The maximum Gasteiger partial charge on any atom is 0.231 e. The lowest BCUT2D eigenvalue weighted by Gasteiger charge is -2.06. The van der Waals surface area contributed by atoms with Crippen LogP contribution in [0, 0.1) is 5.82 Å². The lowest BCUT2D eigenvalue weighted by molar-refractivity contribution is 0.0918. The van der Waals surface area contributed by atoms with Gasteiger partial charge in [0.2, 0.25) is 5.91 Å². The molecule has 0 saturated carbocycles. The summed E-state index contributed by atoms with van der Waals surface area (Å²) in [7, 11) is 0. The van der Waals surface area contributed by atoms with Crippen molar-refractivity contribution in [3.8, 4) is 0 Å². The fourth-order valence-corrected chi connectivity index (χ4v) is 5.42. The summed E-state index contributed by atoms with van der Waals surface area (Å²) >= 11 is 1.42. The molecule has 35 heavy (non-hydrogen) atoms. The first kappa shape index (κ1) is 19.9. The van der Waals surface area contributed by atoms with E-state index in [1.54, 1.807) is 30.0 Å². The van der Waals surface area contributed by atoms with Gasteiger partial charge in [0.05, 0.1) is 39.0 Å². The first-order valence-corrected chi connectivity index (χ1v) is 11.7. The van der Waals surface area contributed by atoms with Crippen LogP contribution in [0.4, 0.5) is 4.39 Å². The van der Waals surface area contributed by atoms with E-state index < -0.39 is 5.82 Å². The van der Waals surface area contributed by atoms with Gasteiger partial charge in [0.1, 0.15) is 26.9 Å². The highest BCUT2D eigenvalue weighted by Gasteiger charge is 2.16. The first-order valence-electron chi connectivity index (χ1n) is 10.9. The summed E-state index contributed by atoms with van der Waals surface area (Å²) in [6.07, 6.45) is 6.63. The topological polar surface area (TPSA) is 118 Å². The van der Waals surface area contributed by atoms with Crippen molar-refractivity contribution in [1.29, 1.82) is 0 Å². The van der Waals surface area contributed by atoms with Gasteiger partial charge in [-0.05, 0) is 24.3 Å². The molecule has 0 aliphatic rings. The molecule has 7 aromatic heterocycles. The second-order valence-electron chi connectivity index (χ2n) is 8.08. The number of nitrogens with zero attached hydrogens (tertiary/aromatic N) is 6. The minimum atomic E-state index is -0.551. The van der Waals surface area contributed by atoms with Crippen LogP contribution in [-0.2, 0) is 0 Å². The molecule has 0 aromatic carbocycles. The predicted molar refractivity (Wildman–Crippen MR) is 134 cm³/mol. The van der Waals surface area contributed by atoms with Crippen molar-refractivity contribution < 1.29 is 9.18 Å². The number of aromatic amines is 2. The van der Waals surface area contributed by atoms with E-state index in [4.69, 9.17) is 4.98 Å². The summed E-state index contributed by atoms with van der Waals surface area (Å²) in [5.74, 6) is -0.666. The smallest absolute Gasteiger partial charge is 0.231 e. The van der Waals surface area contributed by atoms with Crippen molar-refractivity contribution in [1.82, 2.24) is 39.7 Å². The van der Waals surface area contributed by atoms with Crippen LogP contribution in [0.3, 0.4) is 0 Å². The normalized spacial score (nSPS) is 11.9. The summed E-state index contributed by atoms with van der Waals surface area (Å²) in [5.41, 5.74) is 3.88. The zero-order valence-corrected chi connectivity index (χ0v) is 19.0. The number of pyridine rings is 3. The largest absolute Gasteiger partial charge is 0.336 e. The molecule has 0 aliphatic carbocycles. The van der Waals surface area contributed by atoms with Gasteiger partial charge in [0.15, 0.2) is 11.5 Å². The van der Waals surface area contributed by atoms with E-state index >= 15 is 4.39 Å². The molecule has 0 fully saturated rings. The van der Waals surface area contributed by atoms with E-state index in [-0.39, 0.29) is 23.2 Å². The van der Waals surface area contributed by atoms with Gasteiger partial charge >= 0.3 is 0 Å². The molecule has 0 atom stereocenters. The van der Waals surface area contributed by atoms with E-state index in [0.29, 0.717) is 43.4 Å². The van der Waals surface area contributed by atoms with Gasteiger partial charge < -0.3 is 4.98 Å². The molecule has 0 aliphatic heterocycles. The Morgan fingerprint density at radius 1 is 1.06 bits per heavy atom. The van der Waals surface area contributed by atoms with E-state index in [1.165, 1.54) is 23.7 Å². The number of fused-ring (bicyclic) bond motifs is 9. The zero-order chi connectivity index (χ0) is 23.7. The summed E-state index contributed by atoms with van der Waals surface area (Å²) < 4.78 is 18.4. The molecular weight excluding hydrogens is 467 g/mol. The number of hydrogen-bond acceptors (Lipinski definition) is 7. The van der Waals surface area contributed by atoms with Crippen molar-refractivity contribution in [3.05, 3.63) is 54.9 Å². The fraction of sp³-hybridized carbons (Fsp3) is 0.0833. The van der Waals surface area contributed by atoms with Crippen LogP contribution < -0.4 is 0 Å². The van der Waals surface area contributed by atoms with Crippen LogP contribution in [0.1, 0.15) is 18.1 Å². The van der Waals surface area contributed by atoms with Crippen molar-refractivity contribution in [2.45, 2.75) is 13.3 Å². The van der Waals surface area contributed by atoms with Crippen LogP contribution in [-0.4, -0.2) is 45.6 Å². The molecule has 7 aromatic rings. The summed E-state index contributed by atoms with van der Waals surface area (Å²) in [6.45, 7) is 1.80.